The van der Waals surface area contributed by atoms with Gasteiger partial charge in [0.05, 0.1) is 4.92 Å². The molecule has 0 saturated heterocycles. The van der Waals surface area contributed by atoms with Gasteiger partial charge in [-0.05, 0) is 12.5 Å². The molecule has 1 amide bonds. The van der Waals surface area contributed by atoms with E-state index in [-0.39, 0.29) is 17.6 Å². The number of fused-ring (bicyclic) bond motifs is 1. The Labute approximate surface area is 120 Å². The number of non-ortho nitro benzene ring substituents is 1. The van der Waals surface area contributed by atoms with Crippen LogP contribution in [0.2, 0.25) is 0 Å². The van der Waals surface area contributed by atoms with Crippen LogP contribution < -0.4 is 10.6 Å². The number of nitrogens with one attached hydrogen (secondary N) is 2. The molecule has 0 aliphatic heterocycles. The Morgan fingerprint density at radius 1 is 1.43 bits per heavy atom. The predicted octanol–water partition coefficient (Wildman–Crippen LogP) is 2.06. The summed E-state index contributed by atoms with van der Waals surface area (Å²) >= 11 is 0. The second-order valence-corrected chi connectivity index (χ2v) is 4.45. The number of benzene rings is 1. The number of nitro benzene ring substituents is 1. The molecule has 0 fully saturated rings. The topological polar surface area (TPSA) is 110 Å². The fourth-order valence-electron chi connectivity index (χ4n) is 1.74. The van der Waals surface area contributed by atoms with Crippen molar-refractivity contribution in [3.63, 3.8) is 0 Å². The highest BCUT2D eigenvalue weighted by Crippen LogP contribution is 2.23. The lowest BCUT2D eigenvalue weighted by molar-refractivity contribution is -0.384. The third kappa shape index (κ3) is 3.91. The van der Waals surface area contributed by atoms with Crippen molar-refractivity contribution in [2.24, 2.45) is 0 Å². The minimum Gasteiger partial charge on any atom is -0.424 e. The number of amides is 1. The number of hydrogen-bond donors (Lipinski definition) is 2. The predicted molar refractivity (Wildman–Crippen MR) is 77.1 cm³/mol. The summed E-state index contributed by atoms with van der Waals surface area (Å²) in [6, 6.07) is 4.45. The molecule has 112 valence electrons. The number of oxazole rings is 1. The lowest BCUT2D eigenvalue weighted by Crippen LogP contribution is -2.25. The third-order valence-corrected chi connectivity index (χ3v) is 2.78. The van der Waals surface area contributed by atoms with Gasteiger partial charge in [-0.1, -0.05) is 6.92 Å². The van der Waals surface area contributed by atoms with E-state index >= 15 is 0 Å². The summed E-state index contributed by atoms with van der Waals surface area (Å²) in [4.78, 5) is 25.7. The van der Waals surface area contributed by atoms with Gasteiger partial charge in [0.2, 0.25) is 5.91 Å². The van der Waals surface area contributed by atoms with Crippen LogP contribution in [0.1, 0.15) is 19.8 Å². The average molecular weight is 292 g/mol. The van der Waals surface area contributed by atoms with Crippen molar-refractivity contribution >= 4 is 28.7 Å². The quantitative estimate of drug-likeness (QED) is 0.597. The second kappa shape index (κ2) is 6.69. The molecule has 8 heteroatoms. The van der Waals surface area contributed by atoms with E-state index in [1.165, 1.54) is 18.2 Å². The molecular formula is C13H16N4O4. The van der Waals surface area contributed by atoms with Crippen molar-refractivity contribution in [3.8, 4) is 0 Å². The van der Waals surface area contributed by atoms with E-state index in [0.29, 0.717) is 30.6 Å². The molecule has 2 N–H and O–H groups in total. The van der Waals surface area contributed by atoms with Crippen LogP contribution in [-0.4, -0.2) is 28.9 Å². The van der Waals surface area contributed by atoms with E-state index in [1.54, 1.807) is 0 Å². The number of rotatable bonds is 7. The molecule has 1 heterocycles. The molecule has 0 spiro atoms. The largest absolute Gasteiger partial charge is 0.424 e. The average Bonchev–Trinajstić information content (AvgIpc) is 2.86. The number of hydrogen-bond acceptors (Lipinski definition) is 6. The van der Waals surface area contributed by atoms with Crippen LogP contribution in [0.15, 0.2) is 22.6 Å². The lowest BCUT2D eigenvalue weighted by Gasteiger charge is -2.03. The summed E-state index contributed by atoms with van der Waals surface area (Å²) in [5.74, 6) is -0.0453. The number of carbonyl (C=O) groups is 1. The Hall–Kier alpha value is -2.64. The molecule has 0 aliphatic rings. The van der Waals surface area contributed by atoms with Crippen LogP contribution >= 0.6 is 0 Å². The zero-order chi connectivity index (χ0) is 15.2. The van der Waals surface area contributed by atoms with Crippen LogP contribution in [0.5, 0.6) is 0 Å². The normalized spacial score (nSPS) is 10.5. The zero-order valence-corrected chi connectivity index (χ0v) is 11.6. The summed E-state index contributed by atoms with van der Waals surface area (Å²) in [5.41, 5.74) is 0.821. The van der Waals surface area contributed by atoms with Crippen LogP contribution in [0.4, 0.5) is 11.7 Å². The SMILES string of the molecule is CCCNC(=O)CCNc1nc2cc([N+](=O)[O-])ccc2o1. The van der Waals surface area contributed by atoms with Crippen molar-refractivity contribution in [2.45, 2.75) is 19.8 Å². The fourth-order valence-corrected chi connectivity index (χ4v) is 1.74. The standard InChI is InChI=1S/C13H16N4O4/c1-2-6-14-12(18)5-7-15-13-16-10-8-9(17(19)20)3-4-11(10)21-13/h3-4,8H,2,5-7H2,1H3,(H,14,18)(H,15,16). The molecule has 0 bridgehead atoms. The minimum absolute atomic E-state index is 0.0405. The Kier molecular flexibility index (Phi) is 4.70. The van der Waals surface area contributed by atoms with Crippen LogP contribution in [0.25, 0.3) is 11.1 Å². The van der Waals surface area contributed by atoms with Crippen LogP contribution in [0, 0.1) is 10.1 Å². The molecule has 0 atom stereocenters. The number of nitrogens with zero attached hydrogens (tertiary/aromatic N) is 2. The second-order valence-electron chi connectivity index (χ2n) is 4.45. The van der Waals surface area contributed by atoms with E-state index in [4.69, 9.17) is 4.42 Å². The summed E-state index contributed by atoms with van der Waals surface area (Å²) in [7, 11) is 0. The van der Waals surface area contributed by atoms with Gasteiger partial charge in [-0.15, -0.1) is 0 Å². The number of nitro groups is 1. The highest BCUT2D eigenvalue weighted by atomic mass is 16.6. The molecule has 8 nitrogen and oxygen atoms in total. The summed E-state index contributed by atoms with van der Waals surface area (Å²) < 4.78 is 5.39. The first-order valence-electron chi connectivity index (χ1n) is 6.65. The maximum Gasteiger partial charge on any atom is 0.295 e. The number of aromatic nitrogens is 1. The van der Waals surface area contributed by atoms with Crippen LogP contribution in [0.3, 0.4) is 0 Å². The Balaban J connectivity index is 1.93. The first-order valence-corrected chi connectivity index (χ1v) is 6.65. The highest BCUT2D eigenvalue weighted by Gasteiger charge is 2.11. The maximum absolute atomic E-state index is 11.4. The van der Waals surface area contributed by atoms with Gasteiger partial charge in [-0.2, -0.15) is 4.98 Å². The molecule has 2 rings (SSSR count). The summed E-state index contributed by atoms with van der Waals surface area (Å²) in [6.45, 7) is 3.02. The van der Waals surface area contributed by atoms with Crippen molar-refractivity contribution in [2.75, 3.05) is 18.4 Å². The molecular weight excluding hydrogens is 276 g/mol. The van der Waals surface area contributed by atoms with Gasteiger partial charge in [0.1, 0.15) is 5.52 Å². The van der Waals surface area contributed by atoms with Gasteiger partial charge >= 0.3 is 0 Å². The monoisotopic (exact) mass is 292 g/mol. The van der Waals surface area contributed by atoms with Gasteiger partial charge in [-0.3, -0.25) is 14.9 Å². The summed E-state index contributed by atoms with van der Waals surface area (Å²) in [5, 5.41) is 16.3. The molecule has 21 heavy (non-hydrogen) atoms. The highest BCUT2D eigenvalue weighted by molar-refractivity contribution is 5.78. The van der Waals surface area contributed by atoms with E-state index in [0.717, 1.165) is 6.42 Å². The summed E-state index contributed by atoms with van der Waals surface area (Å²) in [6.07, 6.45) is 1.20. The van der Waals surface area contributed by atoms with Crippen molar-refractivity contribution in [3.05, 3.63) is 28.3 Å². The van der Waals surface area contributed by atoms with Gasteiger partial charge in [0.15, 0.2) is 5.58 Å². The molecule has 0 unspecified atom stereocenters. The first-order chi connectivity index (χ1) is 10.1. The Morgan fingerprint density at radius 3 is 2.95 bits per heavy atom. The maximum atomic E-state index is 11.4. The Bertz CT molecular complexity index is 653. The van der Waals surface area contributed by atoms with Crippen molar-refractivity contribution in [1.29, 1.82) is 0 Å². The molecule has 0 radical (unpaired) electrons. The Morgan fingerprint density at radius 2 is 2.24 bits per heavy atom. The third-order valence-electron chi connectivity index (χ3n) is 2.78. The van der Waals surface area contributed by atoms with Gasteiger partial charge in [-0.25, -0.2) is 0 Å². The van der Waals surface area contributed by atoms with E-state index < -0.39 is 4.92 Å². The van der Waals surface area contributed by atoms with E-state index in [9.17, 15) is 14.9 Å². The van der Waals surface area contributed by atoms with Crippen molar-refractivity contribution < 1.29 is 14.1 Å². The van der Waals surface area contributed by atoms with E-state index in [1.807, 2.05) is 6.92 Å². The van der Waals surface area contributed by atoms with Crippen molar-refractivity contribution in [1.82, 2.24) is 10.3 Å². The first kappa shape index (κ1) is 14.8. The van der Waals surface area contributed by atoms with Gasteiger partial charge in [0.25, 0.3) is 11.7 Å². The minimum atomic E-state index is -0.487. The van der Waals surface area contributed by atoms with Gasteiger partial charge < -0.3 is 15.1 Å². The van der Waals surface area contributed by atoms with Gasteiger partial charge in [0, 0.05) is 31.6 Å². The number of anilines is 1. The molecule has 1 aromatic heterocycles. The van der Waals surface area contributed by atoms with E-state index in [2.05, 4.69) is 15.6 Å². The molecule has 0 saturated carbocycles. The number of carbonyl (C=O) groups excluding carboxylic acids is 1. The zero-order valence-electron chi connectivity index (χ0n) is 11.6. The lowest BCUT2D eigenvalue weighted by atomic mass is 10.3. The fraction of sp³-hybridized carbons (Fsp3) is 0.385. The smallest absolute Gasteiger partial charge is 0.295 e. The van der Waals surface area contributed by atoms with Crippen LogP contribution in [-0.2, 0) is 4.79 Å². The molecule has 0 aliphatic carbocycles. The molecule has 1 aromatic carbocycles. The molecule has 2 aromatic rings.